The lowest BCUT2D eigenvalue weighted by Gasteiger charge is -2.20. The van der Waals surface area contributed by atoms with Crippen LogP contribution in [0.25, 0.3) is 10.6 Å². The van der Waals surface area contributed by atoms with Crippen molar-refractivity contribution in [2.24, 2.45) is 0 Å². The van der Waals surface area contributed by atoms with E-state index in [9.17, 15) is 13.2 Å². The third kappa shape index (κ3) is 4.28. The molecule has 0 unspecified atom stereocenters. The molecule has 0 aliphatic heterocycles. The van der Waals surface area contributed by atoms with Crippen LogP contribution in [0.3, 0.4) is 0 Å². The minimum Gasteiger partial charge on any atom is -0.307 e. The summed E-state index contributed by atoms with van der Waals surface area (Å²) in [6, 6.07) is 8.93. The lowest BCUT2D eigenvalue weighted by Crippen LogP contribution is -2.35. The van der Waals surface area contributed by atoms with E-state index < -0.39 is 11.9 Å². The van der Waals surface area contributed by atoms with Crippen LogP contribution in [-0.2, 0) is 12.7 Å². The van der Waals surface area contributed by atoms with Crippen LogP contribution in [0.15, 0.2) is 30.3 Å². The number of nitrogens with zero attached hydrogens (tertiary/aromatic N) is 1. The minimum atomic E-state index is -4.43. The topological polar surface area (TPSA) is 24.9 Å². The lowest BCUT2D eigenvalue weighted by molar-refractivity contribution is -0.141. The molecule has 1 N–H and O–H groups in total. The number of rotatable bonds is 3. The molecule has 0 amide bonds. The Bertz CT molecular complexity index is 598. The van der Waals surface area contributed by atoms with Crippen LogP contribution >= 0.6 is 11.3 Å². The Kier molecular flexibility index (Phi) is 4.39. The van der Waals surface area contributed by atoms with Gasteiger partial charge >= 0.3 is 6.18 Å². The average molecular weight is 314 g/mol. The first-order valence-electron chi connectivity index (χ1n) is 6.54. The van der Waals surface area contributed by atoms with Crippen molar-refractivity contribution in [3.63, 3.8) is 0 Å². The monoisotopic (exact) mass is 314 g/mol. The number of benzene rings is 1. The molecule has 0 bridgehead atoms. The molecule has 0 saturated carbocycles. The van der Waals surface area contributed by atoms with Crippen molar-refractivity contribution in [3.8, 4) is 10.6 Å². The van der Waals surface area contributed by atoms with Gasteiger partial charge in [0, 0.05) is 17.6 Å². The maximum atomic E-state index is 13.1. The third-order valence-electron chi connectivity index (χ3n) is 2.77. The molecular formula is C15H17F3N2S. The fourth-order valence-electron chi connectivity index (χ4n) is 1.74. The van der Waals surface area contributed by atoms with E-state index in [1.807, 2.05) is 26.8 Å². The molecule has 2 nitrogen and oxygen atoms in total. The molecule has 1 heterocycles. The van der Waals surface area contributed by atoms with E-state index in [0.717, 1.165) is 11.3 Å². The quantitative estimate of drug-likeness (QED) is 0.887. The summed E-state index contributed by atoms with van der Waals surface area (Å²) in [5.74, 6) is 0. The fraction of sp³-hybridized carbons (Fsp3) is 0.400. The lowest BCUT2D eigenvalue weighted by atomic mass is 10.1. The molecule has 0 aliphatic rings. The highest BCUT2D eigenvalue weighted by Gasteiger charge is 2.37. The van der Waals surface area contributed by atoms with Gasteiger partial charge in [-0.05, 0) is 20.8 Å². The minimum absolute atomic E-state index is 0.156. The van der Waals surface area contributed by atoms with Gasteiger partial charge in [-0.15, -0.1) is 11.3 Å². The van der Waals surface area contributed by atoms with Gasteiger partial charge in [0.1, 0.15) is 5.01 Å². The van der Waals surface area contributed by atoms with E-state index in [4.69, 9.17) is 0 Å². The van der Waals surface area contributed by atoms with Gasteiger partial charge in [0.25, 0.3) is 0 Å². The molecule has 2 aromatic rings. The van der Waals surface area contributed by atoms with Gasteiger partial charge in [0.05, 0.1) is 4.88 Å². The van der Waals surface area contributed by atoms with Crippen LogP contribution in [0.5, 0.6) is 0 Å². The average Bonchev–Trinajstić information content (AvgIpc) is 2.81. The first-order valence-corrected chi connectivity index (χ1v) is 7.36. The molecule has 6 heteroatoms. The Morgan fingerprint density at radius 1 is 1.10 bits per heavy atom. The van der Waals surface area contributed by atoms with Crippen LogP contribution in [0.4, 0.5) is 13.2 Å². The SMILES string of the molecule is CC(C)(C)NCc1sc(-c2ccccc2)nc1C(F)(F)F. The fourth-order valence-corrected chi connectivity index (χ4v) is 2.77. The molecule has 2 rings (SSSR count). The van der Waals surface area contributed by atoms with Gasteiger partial charge < -0.3 is 5.32 Å². The number of halogens is 3. The van der Waals surface area contributed by atoms with E-state index in [1.165, 1.54) is 0 Å². The molecule has 0 fully saturated rings. The van der Waals surface area contributed by atoms with Gasteiger partial charge in [-0.1, -0.05) is 30.3 Å². The predicted molar refractivity (Wildman–Crippen MR) is 79.1 cm³/mol. The summed E-state index contributed by atoms with van der Waals surface area (Å²) >= 11 is 1.09. The zero-order valence-corrected chi connectivity index (χ0v) is 12.9. The summed E-state index contributed by atoms with van der Waals surface area (Å²) in [6.45, 7) is 5.90. The van der Waals surface area contributed by atoms with Crippen molar-refractivity contribution in [1.29, 1.82) is 0 Å². The molecule has 0 radical (unpaired) electrons. The standard InChI is InChI=1S/C15H17F3N2S/c1-14(2,3)19-9-11-12(15(16,17)18)20-13(21-11)10-7-5-4-6-8-10/h4-8,19H,9H2,1-3H3. The highest BCUT2D eigenvalue weighted by Crippen LogP contribution is 2.37. The number of thiazole rings is 1. The van der Waals surface area contributed by atoms with Gasteiger partial charge in [0.15, 0.2) is 5.69 Å². The van der Waals surface area contributed by atoms with Gasteiger partial charge in [-0.25, -0.2) is 4.98 Å². The second-order valence-electron chi connectivity index (χ2n) is 5.76. The molecule has 0 atom stereocenters. The largest absolute Gasteiger partial charge is 0.434 e. The van der Waals surface area contributed by atoms with Gasteiger partial charge in [-0.3, -0.25) is 0 Å². The van der Waals surface area contributed by atoms with Crippen molar-refractivity contribution >= 4 is 11.3 Å². The Labute approximate surface area is 126 Å². The molecule has 0 spiro atoms. The maximum absolute atomic E-state index is 13.1. The second kappa shape index (κ2) is 5.77. The van der Waals surface area contributed by atoms with Crippen LogP contribution in [0, 0.1) is 0 Å². The number of aromatic nitrogens is 1. The summed E-state index contributed by atoms with van der Waals surface area (Å²) < 4.78 is 39.3. The highest BCUT2D eigenvalue weighted by atomic mass is 32.1. The Morgan fingerprint density at radius 2 is 1.71 bits per heavy atom. The Hall–Kier alpha value is -1.40. The van der Waals surface area contributed by atoms with E-state index in [-0.39, 0.29) is 17.0 Å². The summed E-state index contributed by atoms with van der Waals surface area (Å²) in [5.41, 5.74) is -0.335. The van der Waals surface area contributed by atoms with E-state index >= 15 is 0 Å². The first kappa shape index (κ1) is 16.0. The number of hydrogen-bond donors (Lipinski definition) is 1. The Balaban J connectivity index is 2.36. The molecule has 0 aliphatic carbocycles. The van der Waals surface area contributed by atoms with Crippen LogP contribution in [-0.4, -0.2) is 10.5 Å². The molecular weight excluding hydrogens is 297 g/mol. The summed E-state index contributed by atoms with van der Waals surface area (Å²) in [6.07, 6.45) is -4.43. The zero-order chi connectivity index (χ0) is 15.7. The summed E-state index contributed by atoms with van der Waals surface area (Å²) in [5, 5.41) is 3.48. The maximum Gasteiger partial charge on any atom is 0.434 e. The van der Waals surface area contributed by atoms with Crippen LogP contribution in [0.1, 0.15) is 31.3 Å². The van der Waals surface area contributed by atoms with Crippen LogP contribution in [0.2, 0.25) is 0 Å². The first-order chi connectivity index (χ1) is 9.67. The van der Waals surface area contributed by atoms with E-state index in [1.54, 1.807) is 24.3 Å². The molecule has 21 heavy (non-hydrogen) atoms. The van der Waals surface area contributed by atoms with Crippen molar-refractivity contribution in [2.75, 3.05) is 0 Å². The summed E-state index contributed by atoms with van der Waals surface area (Å²) in [4.78, 5) is 4.02. The zero-order valence-electron chi connectivity index (χ0n) is 12.1. The Morgan fingerprint density at radius 3 is 2.24 bits per heavy atom. The van der Waals surface area contributed by atoms with Crippen molar-refractivity contribution in [2.45, 2.75) is 39.0 Å². The highest BCUT2D eigenvalue weighted by molar-refractivity contribution is 7.15. The summed E-state index contributed by atoms with van der Waals surface area (Å²) in [7, 11) is 0. The number of nitrogens with one attached hydrogen (secondary N) is 1. The van der Waals surface area contributed by atoms with Crippen molar-refractivity contribution in [1.82, 2.24) is 10.3 Å². The third-order valence-corrected chi connectivity index (χ3v) is 3.87. The van der Waals surface area contributed by atoms with Gasteiger partial charge in [-0.2, -0.15) is 13.2 Å². The molecule has 114 valence electrons. The van der Waals surface area contributed by atoms with Crippen molar-refractivity contribution < 1.29 is 13.2 Å². The van der Waals surface area contributed by atoms with E-state index in [2.05, 4.69) is 10.3 Å². The normalized spacial score (nSPS) is 12.7. The number of alkyl halides is 3. The predicted octanol–water partition coefficient (Wildman–Crippen LogP) is 4.72. The number of hydrogen-bond acceptors (Lipinski definition) is 3. The van der Waals surface area contributed by atoms with E-state index in [0.29, 0.717) is 10.6 Å². The van der Waals surface area contributed by atoms with Crippen molar-refractivity contribution in [3.05, 3.63) is 40.9 Å². The molecule has 1 aromatic heterocycles. The molecule has 0 saturated heterocycles. The second-order valence-corrected chi connectivity index (χ2v) is 6.84. The molecule has 1 aromatic carbocycles. The smallest absolute Gasteiger partial charge is 0.307 e. The van der Waals surface area contributed by atoms with Crippen LogP contribution < -0.4 is 5.32 Å². The van der Waals surface area contributed by atoms with Gasteiger partial charge in [0.2, 0.25) is 0 Å².